The number of benzene rings is 2. The predicted molar refractivity (Wildman–Crippen MR) is 174 cm³/mol. The van der Waals surface area contributed by atoms with Crippen LogP contribution in [-0.4, -0.2) is 85.0 Å². The molecule has 0 saturated carbocycles. The lowest BCUT2D eigenvalue weighted by molar-refractivity contribution is -0.137. The molecule has 45 heavy (non-hydrogen) atoms. The van der Waals surface area contributed by atoms with Crippen LogP contribution >= 0.6 is 0 Å². The van der Waals surface area contributed by atoms with Crippen molar-refractivity contribution >= 4 is 5.91 Å². The second kappa shape index (κ2) is 12.4. The molecular formula is C35H39N9O. The Balaban J connectivity index is 1.04. The van der Waals surface area contributed by atoms with Crippen LogP contribution in [0.4, 0.5) is 0 Å². The first kappa shape index (κ1) is 29.1. The zero-order chi connectivity index (χ0) is 30.9. The van der Waals surface area contributed by atoms with E-state index in [1.807, 2.05) is 72.6 Å². The first-order chi connectivity index (χ1) is 22.0. The van der Waals surface area contributed by atoms with Gasteiger partial charge >= 0.3 is 0 Å². The number of H-pyrrole nitrogens is 2. The monoisotopic (exact) mass is 601 g/mol. The highest BCUT2D eigenvalue weighted by atomic mass is 16.2. The number of likely N-dealkylation sites (tertiary alicyclic amines) is 2. The quantitative estimate of drug-likeness (QED) is 0.236. The maximum absolute atomic E-state index is 13.8. The third kappa shape index (κ3) is 5.79. The molecule has 2 fully saturated rings. The van der Waals surface area contributed by atoms with Crippen LogP contribution in [0.5, 0.6) is 0 Å². The number of hydrogen-bond donors (Lipinski definition) is 2. The van der Waals surface area contributed by atoms with Gasteiger partial charge in [-0.05, 0) is 76.6 Å². The lowest BCUT2D eigenvalue weighted by Gasteiger charge is -2.31. The lowest BCUT2D eigenvalue weighted by Crippen LogP contribution is -2.40. The number of aromatic amines is 2. The molecule has 2 N–H and O–H groups in total. The molecule has 230 valence electrons. The fraction of sp³-hybridized carbons (Fsp3) is 0.343. The largest absolute Gasteiger partial charge is 0.341 e. The van der Waals surface area contributed by atoms with E-state index >= 15 is 0 Å². The molecule has 0 aliphatic carbocycles. The second-order valence-corrected chi connectivity index (χ2v) is 12.4. The third-order valence-electron chi connectivity index (χ3n) is 9.18. The van der Waals surface area contributed by atoms with E-state index in [1.54, 1.807) is 6.20 Å². The minimum atomic E-state index is -0.343. The number of rotatable bonds is 8. The summed E-state index contributed by atoms with van der Waals surface area (Å²) in [5.41, 5.74) is 6.39. The molecule has 2 aromatic carbocycles. The Hall–Kier alpha value is -4.67. The highest BCUT2D eigenvalue weighted by molar-refractivity contribution is 5.84. The molecule has 7 rings (SSSR count). The van der Waals surface area contributed by atoms with Crippen molar-refractivity contribution in [1.82, 2.24) is 44.8 Å². The predicted octanol–water partition coefficient (Wildman–Crippen LogP) is 5.66. The van der Waals surface area contributed by atoms with Gasteiger partial charge in [-0.1, -0.05) is 54.6 Å². The number of likely N-dealkylation sites (N-methyl/N-ethyl adjacent to an activating group) is 1. The van der Waals surface area contributed by atoms with Crippen molar-refractivity contribution in [2.45, 2.75) is 43.8 Å². The minimum absolute atomic E-state index is 0.0937. The van der Waals surface area contributed by atoms with Gasteiger partial charge in [-0.15, -0.1) is 10.2 Å². The average Bonchev–Trinajstić information content (AvgIpc) is 3.88. The van der Waals surface area contributed by atoms with Crippen molar-refractivity contribution in [3.05, 3.63) is 96.3 Å². The van der Waals surface area contributed by atoms with Gasteiger partial charge in [-0.3, -0.25) is 14.6 Å². The standard InChI is InChI=1S/C35H39N9O/c1-42(2)32(25-9-5-4-6-10-25)35(45)44-20-8-12-31(44)34-37-22-29(39-34)27-18-17-26(40-41-27)23-13-15-24(16-14-23)28-21-36-33(38-28)30-11-7-19-43(30)3/h4-6,9-10,13-18,21-22,30-32H,7-8,11-12,19-20H2,1-3H3,(H,36,38)(H,37,39)/t30-,31-,32+/m0/s1. The highest BCUT2D eigenvalue weighted by Gasteiger charge is 2.37. The Labute approximate surface area is 263 Å². The van der Waals surface area contributed by atoms with Crippen LogP contribution in [0.1, 0.15) is 61.0 Å². The Morgan fingerprint density at radius 1 is 0.778 bits per heavy atom. The summed E-state index contributed by atoms with van der Waals surface area (Å²) in [7, 11) is 6.06. The molecule has 0 spiro atoms. The van der Waals surface area contributed by atoms with Crippen molar-refractivity contribution in [3.63, 3.8) is 0 Å². The minimum Gasteiger partial charge on any atom is -0.341 e. The molecule has 10 nitrogen and oxygen atoms in total. The molecule has 5 heterocycles. The summed E-state index contributed by atoms with van der Waals surface area (Å²) >= 11 is 0. The summed E-state index contributed by atoms with van der Waals surface area (Å²) in [6.07, 6.45) is 7.87. The average molecular weight is 602 g/mol. The third-order valence-corrected chi connectivity index (χ3v) is 9.18. The number of nitrogens with one attached hydrogen (secondary N) is 2. The van der Waals surface area contributed by atoms with Crippen molar-refractivity contribution in [2.75, 3.05) is 34.2 Å². The summed E-state index contributed by atoms with van der Waals surface area (Å²) in [6, 6.07) is 22.1. The van der Waals surface area contributed by atoms with Crippen LogP contribution in [-0.2, 0) is 4.79 Å². The van der Waals surface area contributed by atoms with Gasteiger partial charge < -0.3 is 14.9 Å². The van der Waals surface area contributed by atoms with E-state index in [0.717, 1.165) is 71.2 Å². The summed E-state index contributed by atoms with van der Waals surface area (Å²) in [5.74, 6) is 1.91. The van der Waals surface area contributed by atoms with E-state index in [0.29, 0.717) is 18.3 Å². The van der Waals surface area contributed by atoms with Crippen molar-refractivity contribution < 1.29 is 4.79 Å². The fourth-order valence-corrected chi connectivity index (χ4v) is 6.76. The molecule has 1 amide bonds. The first-order valence-electron chi connectivity index (χ1n) is 15.7. The molecule has 0 unspecified atom stereocenters. The molecule has 3 atom stereocenters. The van der Waals surface area contributed by atoms with Crippen molar-refractivity contribution in [3.8, 4) is 33.9 Å². The van der Waals surface area contributed by atoms with Gasteiger partial charge in [0.15, 0.2) is 0 Å². The molecule has 2 aliphatic rings. The first-order valence-corrected chi connectivity index (χ1v) is 15.7. The number of carbonyl (C=O) groups is 1. The normalized spacial score (nSPS) is 19.4. The summed E-state index contributed by atoms with van der Waals surface area (Å²) < 4.78 is 0. The topological polar surface area (TPSA) is 110 Å². The number of aromatic nitrogens is 6. The van der Waals surface area contributed by atoms with Crippen LogP contribution in [0.3, 0.4) is 0 Å². The SMILES string of the molecule is CN(C)[C@@H](C(=O)N1CCC[C@H]1c1ncc(-c2ccc(-c3ccc(-c4cnc([C@@H]5CCCN5C)[nH]4)cc3)nn2)[nH]1)c1ccccc1. The van der Waals surface area contributed by atoms with Gasteiger partial charge in [-0.2, -0.15) is 0 Å². The summed E-state index contributed by atoms with van der Waals surface area (Å²) in [6.45, 7) is 1.83. The van der Waals surface area contributed by atoms with E-state index in [1.165, 1.54) is 6.42 Å². The van der Waals surface area contributed by atoms with E-state index < -0.39 is 0 Å². The zero-order valence-electron chi connectivity index (χ0n) is 26.0. The molecule has 10 heteroatoms. The van der Waals surface area contributed by atoms with Crippen LogP contribution in [0, 0.1) is 0 Å². The zero-order valence-corrected chi connectivity index (χ0v) is 26.0. The van der Waals surface area contributed by atoms with Crippen molar-refractivity contribution in [2.24, 2.45) is 0 Å². The number of hydrogen-bond acceptors (Lipinski definition) is 7. The lowest BCUT2D eigenvalue weighted by atomic mass is 10.0. The number of nitrogens with zero attached hydrogens (tertiary/aromatic N) is 7. The van der Waals surface area contributed by atoms with Gasteiger partial charge in [0.05, 0.1) is 41.6 Å². The Bertz CT molecular complexity index is 1740. The van der Waals surface area contributed by atoms with Crippen LogP contribution in [0.2, 0.25) is 0 Å². The number of amides is 1. The summed E-state index contributed by atoms with van der Waals surface area (Å²) in [4.78, 5) is 36.4. The van der Waals surface area contributed by atoms with Crippen LogP contribution < -0.4 is 0 Å². The highest BCUT2D eigenvalue weighted by Crippen LogP contribution is 2.35. The van der Waals surface area contributed by atoms with E-state index in [2.05, 4.69) is 61.4 Å². The Morgan fingerprint density at radius 2 is 1.40 bits per heavy atom. The molecule has 2 saturated heterocycles. The van der Waals surface area contributed by atoms with Crippen LogP contribution in [0.25, 0.3) is 33.9 Å². The van der Waals surface area contributed by atoms with Gasteiger partial charge in [-0.25, -0.2) is 9.97 Å². The Morgan fingerprint density at radius 3 is 2.09 bits per heavy atom. The molecule has 5 aromatic rings. The second-order valence-electron chi connectivity index (χ2n) is 12.4. The maximum Gasteiger partial charge on any atom is 0.245 e. The smallest absolute Gasteiger partial charge is 0.245 e. The Kier molecular flexibility index (Phi) is 7.99. The van der Waals surface area contributed by atoms with Crippen molar-refractivity contribution in [1.29, 1.82) is 0 Å². The van der Waals surface area contributed by atoms with Gasteiger partial charge in [0.2, 0.25) is 5.91 Å². The van der Waals surface area contributed by atoms with Gasteiger partial charge in [0, 0.05) is 12.1 Å². The van der Waals surface area contributed by atoms with E-state index in [4.69, 9.17) is 4.98 Å². The van der Waals surface area contributed by atoms with Gasteiger partial charge in [0.25, 0.3) is 0 Å². The van der Waals surface area contributed by atoms with E-state index in [-0.39, 0.29) is 18.0 Å². The fourth-order valence-electron chi connectivity index (χ4n) is 6.76. The molecule has 0 bridgehead atoms. The summed E-state index contributed by atoms with van der Waals surface area (Å²) in [5, 5.41) is 9.04. The van der Waals surface area contributed by atoms with E-state index in [9.17, 15) is 4.79 Å². The maximum atomic E-state index is 13.8. The van der Waals surface area contributed by atoms with Crippen LogP contribution in [0.15, 0.2) is 79.1 Å². The molecule has 3 aromatic heterocycles. The number of imidazole rings is 2. The molecule has 2 aliphatic heterocycles. The molecular weight excluding hydrogens is 562 g/mol. The number of carbonyl (C=O) groups excluding carboxylic acids is 1. The van der Waals surface area contributed by atoms with Gasteiger partial charge in [0.1, 0.15) is 23.4 Å². The molecule has 0 radical (unpaired) electrons.